The smallest absolute Gasteiger partial charge is 0.437 e. The molecule has 8 heteroatoms. The molecule has 0 N–H and O–H groups in total. The Kier molecular flexibility index (Phi) is 3.57. The second kappa shape index (κ2) is 5.00. The Morgan fingerprint density at radius 3 is 2.63 bits per heavy atom. The van der Waals surface area contributed by atoms with Gasteiger partial charge in [0.1, 0.15) is 5.15 Å². The summed E-state index contributed by atoms with van der Waals surface area (Å²) in [5, 5.41) is -0.348. The zero-order valence-corrected chi connectivity index (χ0v) is 10.3. The molecule has 2 aromatic heterocycles. The number of pyridine rings is 1. The van der Waals surface area contributed by atoms with Gasteiger partial charge in [0.25, 0.3) is 0 Å². The second-order valence-electron chi connectivity index (χ2n) is 3.54. The van der Waals surface area contributed by atoms with E-state index in [1.807, 2.05) is 0 Å². The first-order chi connectivity index (χ1) is 8.86. The number of rotatable bonds is 2. The molecule has 0 saturated heterocycles. The van der Waals surface area contributed by atoms with Crippen molar-refractivity contribution in [2.75, 3.05) is 0 Å². The van der Waals surface area contributed by atoms with Crippen molar-refractivity contribution in [3.8, 4) is 11.6 Å². The third-order valence-corrected chi connectivity index (χ3v) is 2.29. The lowest BCUT2D eigenvalue weighted by Gasteiger charge is -2.09. The van der Waals surface area contributed by atoms with Gasteiger partial charge in [0, 0.05) is 12.3 Å². The van der Waals surface area contributed by atoms with Crippen LogP contribution >= 0.6 is 11.6 Å². The highest BCUT2D eigenvalue weighted by molar-refractivity contribution is 6.29. The maximum atomic E-state index is 12.5. The average molecular weight is 290 g/mol. The average Bonchev–Trinajstić information content (AvgIpc) is 2.30. The first kappa shape index (κ1) is 13.5. The molecule has 0 fully saturated rings. The predicted molar refractivity (Wildman–Crippen MR) is 61.1 cm³/mol. The Morgan fingerprint density at radius 1 is 1.26 bits per heavy atom. The monoisotopic (exact) mass is 289 g/mol. The highest BCUT2D eigenvalue weighted by Gasteiger charge is 2.35. The van der Waals surface area contributed by atoms with Crippen LogP contribution in [0.1, 0.15) is 11.5 Å². The summed E-state index contributed by atoms with van der Waals surface area (Å²) in [4.78, 5) is 10.3. The van der Waals surface area contributed by atoms with Crippen LogP contribution in [0.15, 0.2) is 24.4 Å². The van der Waals surface area contributed by atoms with E-state index in [1.165, 1.54) is 6.20 Å². The number of alkyl halides is 3. The number of hydrogen-bond donors (Lipinski definition) is 0. The van der Waals surface area contributed by atoms with Gasteiger partial charge >= 0.3 is 6.18 Å². The fraction of sp³-hybridized carbons (Fsp3) is 0.182. The fourth-order valence-corrected chi connectivity index (χ4v) is 1.44. The third-order valence-electron chi connectivity index (χ3n) is 2.10. The van der Waals surface area contributed by atoms with Crippen molar-refractivity contribution in [2.45, 2.75) is 13.1 Å². The lowest BCUT2D eigenvalue weighted by atomic mass is 10.3. The summed E-state index contributed by atoms with van der Waals surface area (Å²) < 4.78 is 42.8. The number of hydrogen-bond acceptors (Lipinski definition) is 4. The van der Waals surface area contributed by atoms with E-state index >= 15 is 0 Å². The molecule has 100 valence electrons. The first-order valence-electron chi connectivity index (χ1n) is 5.07. The lowest BCUT2D eigenvalue weighted by molar-refractivity contribution is -0.145. The zero-order chi connectivity index (χ0) is 14.0. The minimum atomic E-state index is -4.69. The van der Waals surface area contributed by atoms with E-state index in [-0.39, 0.29) is 11.0 Å². The van der Waals surface area contributed by atoms with E-state index in [0.29, 0.717) is 11.4 Å². The van der Waals surface area contributed by atoms with E-state index < -0.39 is 12.0 Å². The number of aromatic nitrogens is 3. The van der Waals surface area contributed by atoms with Crippen molar-refractivity contribution < 1.29 is 17.9 Å². The van der Waals surface area contributed by atoms with Crippen molar-refractivity contribution in [1.29, 1.82) is 0 Å². The molecule has 0 atom stereocenters. The largest absolute Gasteiger partial charge is 0.451 e. The van der Waals surface area contributed by atoms with Gasteiger partial charge in [-0.2, -0.15) is 18.2 Å². The van der Waals surface area contributed by atoms with Gasteiger partial charge in [-0.05, 0) is 19.1 Å². The van der Waals surface area contributed by atoms with Crippen molar-refractivity contribution in [3.63, 3.8) is 0 Å². The molecule has 0 unspecified atom stereocenters. The Balaban J connectivity index is 2.36. The minimum absolute atomic E-state index is 0.288. The van der Waals surface area contributed by atoms with E-state index in [0.717, 1.165) is 6.07 Å². The molecule has 2 heterocycles. The Labute approximate surface area is 111 Å². The van der Waals surface area contributed by atoms with Gasteiger partial charge in [0.15, 0.2) is 5.75 Å². The van der Waals surface area contributed by atoms with Crippen LogP contribution in [0.25, 0.3) is 0 Å². The lowest BCUT2D eigenvalue weighted by Crippen LogP contribution is -2.11. The molecule has 0 aliphatic carbocycles. The van der Waals surface area contributed by atoms with E-state index in [4.69, 9.17) is 16.3 Å². The maximum absolute atomic E-state index is 12.5. The van der Waals surface area contributed by atoms with Crippen LogP contribution in [-0.2, 0) is 6.18 Å². The summed E-state index contributed by atoms with van der Waals surface area (Å²) in [5.74, 6) is -1.34. The molecule has 0 bridgehead atoms. The predicted octanol–water partition coefficient (Wildman–Crippen LogP) is 3.64. The normalized spacial score (nSPS) is 11.4. The molecule has 0 radical (unpaired) electrons. The minimum Gasteiger partial charge on any atom is -0.437 e. The molecule has 0 amide bonds. The first-order valence-corrected chi connectivity index (χ1v) is 5.45. The van der Waals surface area contributed by atoms with Crippen molar-refractivity contribution in [1.82, 2.24) is 15.0 Å². The molecular weight excluding hydrogens is 283 g/mol. The molecule has 4 nitrogen and oxygen atoms in total. The van der Waals surface area contributed by atoms with Crippen molar-refractivity contribution in [2.24, 2.45) is 0 Å². The van der Waals surface area contributed by atoms with Crippen LogP contribution in [0.4, 0.5) is 13.2 Å². The van der Waals surface area contributed by atoms with Crippen LogP contribution in [0.5, 0.6) is 11.6 Å². The van der Waals surface area contributed by atoms with Crippen LogP contribution in [0.3, 0.4) is 0 Å². The molecule has 0 aliphatic heterocycles. The molecule has 0 saturated carbocycles. The van der Waals surface area contributed by atoms with Gasteiger partial charge in [-0.1, -0.05) is 11.6 Å². The molecule has 19 heavy (non-hydrogen) atoms. The van der Waals surface area contributed by atoms with Crippen molar-refractivity contribution in [3.05, 3.63) is 41.1 Å². The molecule has 0 spiro atoms. The number of nitrogens with zero attached hydrogens (tertiary/aromatic N) is 3. The Morgan fingerprint density at radius 2 is 2.00 bits per heavy atom. The van der Waals surface area contributed by atoms with Crippen LogP contribution in [-0.4, -0.2) is 15.0 Å². The summed E-state index contributed by atoms with van der Waals surface area (Å²) in [7, 11) is 0. The number of ether oxygens (including phenoxy) is 1. The summed E-state index contributed by atoms with van der Waals surface area (Å²) in [6, 6.07) is 4.25. The SMILES string of the molecule is Cc1ncccc1Oc1cc(Cl)nc(C(F)(F)F)n1. The molecule has 2 rings (SSSR count). The topological polar surface area (TPSA) is 47.9 Å². The fourth-order valence-electron chi connectivity index (χ4n) is 1.27. The summed E-state index contributed by atoms with van der Waals surface area (Å²) in [6.45, 7) is 1.66. The third kappa shape index (κ3) is 3.31. The van der Waals surface area contributed by atoms with Gasteiger partial charge in [-0.15, -0.1) is 0 Å². The van der Waals surface area contributed by atoms with E-state index in [1.54, 1.807) is 19.1 Å². The van der Waals surface area contributed by atoms with Gasteiger partial charge < -0.3 is 4.74 Å². The maximum Gasteiger partial charge on any atom is 0.451 e. The zero-order valence-electron chi connectivity index (χ0n) is 9.57. The van der Waals surface area contributed by atoms with Gasteiger partial charge in [-0.25, -0.2) is 4.98 Å². The Bertz CT molecular complexity index is 604. The number of aryl methyl sites for hydroxylation is 1. The molecule has 2 aromatic rings. The van der Waals surface area contributed by atoms with Crippen molar-refractivity contribution >= 4 is 11.6 Å². The van der Waals surface area contributed by atoms with E-state index in [9.17, 15) is 13.2 Å². The van der Waals surface area contributed by atoms with Gasteiger partial charge in [-0.3, -0.25) is 4.98 Å². The van der Waals surface area contributed by atoms with Gasteiger partial charge in [0.2, 0.25) is 11.7 Å². The van der Waals surface area contributed by atoms with Crippen LogP contribution in [0.2, 0.25) is 5.15 Å². The summed E-state index contributed by atoms with van der Waals surface area (Å²) >= 11 is 5.52. The quantitative estimate of drug-likeness (QED) is 0.792. The Hall–Kier alpha value is -1.89. The number of halogens is 4. The van der Waals surface area contributed by atoms with Gasteiger partial charge in [0.05, 0.1) is 5.69 Å². The summed E-state index contributed by atoms with van der Waals surface area (Å²) in [6.07, 6.45) is -3.15. The molecule has 0 aliphatic rings. The highest BCUT2D eigenvalue weighted by Crippen LogP contribution is 2.30. The summed E-state index contributed by atoms with van der Waals surface area (Å²) in [5.41, 5.74) is 0.519. The van der Waals surface area contributed by atoms with Crippen LogP contribution < -0.4 is 4.74 Å². The second-order valence-corrected chi connectivity index (χ2v) is 3.93. The molecular formula is C11H7ClF3N3O. The molecule has 0 aromatic carbocycles. The van der Waals surface area contributed by atoms with E-state index in [2.05, 4.69) is 15.0 Å². The highest BCUT2D eigenvalue weighted by atomic mass is 35.5. The standard InChI is InChI=1S/C11H7ClF3N3O/c1-6-7(3-2-4-16-6)19-9-5-8(12)17-10(18-9)11(13,14)15/h2-5H,1H3. The van der Waals surface area contributed by atoms with Crippen LogP contribution in [0, 0.1) is 6.92 Å².